The van der Waals surface area contributed by atoms with Crippen LogP contribution in [0.5, 0.6) is 17.2 Å². The molecule has 6 rings (SSSR count). The smallest absolute Gasteiger partial charge is 0.320 e. The van der Waals surface area contributed by atoms with Gasteiger partial charge in [-0.05, 0) is 82.4 Å². The van der Waals surface area contributed by atoms with Crippen molar-refractivity contribution in [1.29, 1.82) is 0 Å². The molecule has 0 spiro atoms. The SMILES string of the molecule is CNCC(=O)OC(C)Cn1c(C)c(C(=O)Nc2ccc(Oc3ccnc4cc(OC)ccc34)cn2)c(=O)n1-c1ccccc1.Cc1ccc(S(=O)(=O)O)cc1. The Balaban J connectivity index is 0.000000454. The minimum Gasteiger partial charge on any atom is -0.497 e. The normalized spacial score (nSPS) is 11.6. The summed E-state index contributed by atoms with van der Waals surface area (Å²) in [7, 11) is -0.778. The van der Waals surface area contributed by atoms with Crippen LogP contribution in [0.4, 0.5) is 5.82 Å². The number of fused-ring (bicyclic) bond motifs is 1. The highest BCUT2D eigenvalue weighted by Gasteiger charge is 2.26. The topological polar surface area (TPSA) is 193 Å². The van der Waals surface area contributed by atoms with Crippen LogP contribution in [0.25, 0.3) is 16.6 Å². The summed E-state index contributed by atoms with van der Waals surface area (Å²) in [5.74, 6) is 0.909. The van der Waals surface area contributed by atoms with Crippen LogP contribution in [0.15, 0.2) is 113 Å². The van der Waals surface area contributed by atoms with Gasteiger partial charge in [0.1, 0.15) is 34.7 Å². The molecular formula is C39H40N6O9S. The Kier molecular flexibility index (Phi) is 12.8. The van der Waals surface area contributed by atoms with Crippen LogP contribution < -0.4 is 25.7 Å². The van der Waals surface area contributed by atoms with Gasteiger partial charge in [-0.25, -0.2) is 9.67 Å². The van der Waals surface area contributed by atoms with Gasteiger partial charge >= 0.3 is 5.97 Å². The van der Waals surface area contributed by atoms with Gasteiger partial charge in [0.15, 0.2) is 0 Å². The van der Waals surface area contributed by atoms with E-state index in [1.54, 1.807) is 93.5 Å². The first-order valence-corrected chi connectivity index (χ1v) is 18.4. The third-order valence-electron chi connectivity index (χ3n) is 8.14. The molecule has 0 aliphatic heterocycles. The predicted octanol–water partition coefficient (Wildman–Crippen LogP) is 5.34. The number of methoxy groups -OCH3 is 1. The molecule has 0 fully saturated rings. The first-order valence-electron chi connectivity index (χ1n) is 16.9. The Morgan fingerprint density at radius 1 is 0.927 bits per heavy atom. The molecular weight excluding hydrogens is 729 g/mol. The van der Waals surface area contributed by atoms with Crippen LogP contribution in [-0.2, 0) is 26.2 Å². The number of aryl methyl sites for hydroxylation is 1. The molecule has 0 aliphatic rings. The fourth-order valence-corrected chi connectivity index (χ4v) is 5.97. The number of pyridine rings is 2. The van der Waals surface area contributed by atoms with Crippen LogP contribution in [0.1, 0.15) is 28.5 Å². The first kappa shape index (κ1) is 39.8. The fraction of sp³-hybridized carbons (Fsp3) is 0.205. The van der Waals surface area contributed by atoms with Crippen molar-refractivity contribution in [3.8, 4) is 22.9 Å². The molecule has 55 heavy (non-hydrogen) atoms. The van der Waals surface area contributed by atoms with Gasteiger partial charge < -0.3 is 24.8 Å². The molecule has 3 aromatic carbocycles. The molecule has 15 nitrogen and oxygen atoms in total. The third kappa shape index (κ3) is 10.00. The van der Waals surface area contributed by atoms with Gasteiger partial charge in [0.25, 0.3) is 21.6 Å². The van der Waals surface area contributed by atoms with Gasteiger partial charge in [-0.15, -0.1) is 0 Å². The molecule has 0 saturated carbocycles. The molecule has 16 heteroatoms. The Labute approximate surface area is 317 Å². The lowest BCUT2D eigenvalue weighted by Gasteiger charge is -2.18. The molecule has 0 bridgehead atoms. The largest absolute Gasteiger partial charge is 0.497 e. The van der Waals surface area contributed by atoms with Crippen LogP contribution in [0.2, 0.25) is 0 Å². The summed E-state index contributed by atoms with van der Waals surface area (Å²) in [6.45, 7) is 5.45. The Hall–Kier alpha value is -6.36. The Morgan fingerprint density at radius 2 is 1.64 bits per heavy atom. The number of para-hydroxylation sites is 1. The summed E-state index contributed by atoms with van der Waals surface area (Å²) in [6, 6.07) is 25.4. The number of carbonyl (C=O) groups excluding carboxylic acids is 2. The van der Waals surface area contributed by atoms with Crippen molar-refractivity contribution in [3.63, 3.8) is 0 Å². The number of rotatable bonds is 12. The summed E-state index contributed by atoms with van der Waals surface area (Å²) >= 11 is 0. The molecule has 0 saturated heterocycles. The Morgan fingerprint density at radius 3 is 2.27 bits per heavy atom. The average Bonchev–Trinajstić information content (AvgIpc) is 3.40. The number of amides is 1. The van der Waals surface area contributed by atoms with E-state index in [1.807, 2.05) is 31.2 Å². The number of nitrogens with one attached hydrogen (secondary N) is 2. The van der Waals surface area contributed by atoms with E-state index in [-0.39, 0.29) is 29.4 Å². The van der Waals surface area contributed by atoms with E-state index in [0.717, 1.165) is 10.9 Å². The van der Waals surface area contributed by atoms with Crippen molar-refractivity contribution in [2.45, 2.75) is 38.3 Å². The van der Waals surface area contributed by atoms with Crippen molar-refractivity contribution in [2.75, 3.05) is 26.0 Å². The second kappa shape index (κ2) is 17.6. The van der Waals surface area contributed by atoms with Crippen LogP contribution >= 0.6 is 0 Å². The number of aromatic nitrogens is 4. The molecule has 0 aliphatic carbocycles. The lowest BCUT2D eigenvalue weighted by Crippen LogP contribution is -2.30. The number of nitrogens with zero attached hydrogens (tertiary/aromatic N) is 4. The summed E-state index contributed by atoms with van der Waals surface area (Å²) in [4.78, 5) is 47.8. The van der Waals surface area contributed by atoms with Crippen LogP contribution in [-0.4, -0.2) is 71.0 Å². The van der Waals surface area contributed by atoms with Crippen LogP contribution in [0, 0.1) is 13.8 Å². The van der Waals surface area contributed by atoms with E-state index < -0.39 is 33.7 Å². The number of carbonyl (C=O) groups is 2. The second-order valence-electron chi connectivity index (χ2n) is 12.2. The van der Waals surface area contributed by atoms with E-state index in [4.69, 9.17) is 18.8 Å². The van der Waals surface area contributed by atoms with Crippen LogP contribution in [0.3, 0.4) is 0 Å². The van der Waals surface area contributed by atoms with E-state index in [1.165, 1.54) is 23.0 Å². The number of hydrogen-bond acceptors (Lipinski definition) is 11. The number of esters is 1. The summed E-state index contributed by atoms with van der Waals surface area (Å²) in [6.07, 6.45) is 2.55. The van der Waals surface area contributed by atoms with Crippen molar-refractivity contribution < 1.29 is 36.8 Å². The molecule has 3 heterocycles. The molecule has 6 aromatic rings. The quantitative estimate of drug-likeness (QED) is 0.107. The maximum atomic E-state index is 13.7. The van der Waals surface area contributed by atoms with Crippen molar-refractivity contribution >= 4 is 38.7 Å². The summed E-state index contributed by atoms with van der Waals surface area (Å²) in [5.41, 5.74) is 2.08. The monoisotopic (exact) mass is 768 g/mol. The number of hydrogen-bond donors (Lipinski definition) is 3. The fourth-order valence-electron chi connectivity index (χ4n) is 5.49. The van der Waals surface area contributed by atoms with E-state index in [2.05, 4.69) is 20.6 Å². The second-order valence-corrected chi connectivity index (χ2v) is 13.7. The minimum atomic E-state index is -4.02. The Bertz CT molecular complexity index is 2450. The molecule has 3 N–H and O–H groups in total. The van der Waals surface area contributed by atoms with Gasteiger partial charge in [0, 0.05) is 17.6 Å². The number of likely N-dealkylation sites (N-methyl/N-ethyl adjacent to an activating group) is 1. The zero-order valence-corrected chi connectivity index (χ0v) is 31.5. The number of anilines is 1. The van der Waals surface area contributed by atoms with Crippen molar-refractivity contribution in [1.82, 2.24) is 24.6 Å². The highest BCUT2D eigenvalue weighted by atomic mass is 32.2. The van der Waals surface area contributed by atoms with E-state index in [0.29, 0.717) is 34.1 Å². The number of benzene rings is 3. The van der Waals surface area contributed by atoms with E-state index in [9.17, 15) is 22.8 Å². The minimum absolute atomic E-state index is 0.0524. The maximum Gasteiger partial charge on any atom is 0.320 e. The molecule has 3 aromatic heterocycles. The molecule has 286 valence electrons. The van der Waals surface area contributed by atoms with Gasteiger partial charge in [0.2, 0.25) is 0 Å². The maximum absolute atomic E-state index is 13.7. The molecule has 1 amide bonds. The zero-order valence-electron chi connectivity index (χ0n) is 30.7. The van der Waals surface area contributed by atoms with E-state index >= 15 is 0 Å². The summed E-state index contributed by atoms with van der Waals surface area (Å²) < 4.78 is 49.4. The highest BCUT2D eigenvalue weighted by molar-refractivity contribution is 7.85. The predicted molar refractivity (Wildman–Crippen MR) is 206 cm³/mol. The molecule has 1 atom stereocenters. The first-order chi connectivity index (χ1) is 26.3. The third-order valence-corrected chi connectivity index (χ3v) is 9.01. The number of ether oxygens (including phenoxy) is 3. The zero-order chi connectivity index (χ0) is 39.7. The summed E-state index contributed by atoms with van der Waals surface area (Å²) in [5, 5.41) is 6.27. The van der Waals surface area contributed by atoms with Gasteiger partial charge in [-0.1, -0.05) is 35.9 Å². The average molecular weight is 769 g/mol. The standard InChI is InChI=1S/C32H32N6O6.C7H8O3S/c1-20(43-29(39)18-33-3)19-37-21(2)30(32(41)38(37)22-8-6-5-7-9-22)31(40)36-28-13-11-24(17-35-28)44-27-14-15-34-26-16-23(42-4)10-12-25(26)27;1-6-2-4-7(5-3-6)11(8,9)10/h5-17,20,33H,18-19H2,1-4H3,(H,35,36,40);2-5H,1H3,(H,8,9,10). The lowest BCUT2D eigenvalue weighted by atomic mass is 10.2. The highest BCUT2D eigenvalue weighted by Crippen LogP contribution is 2.31. The lowest BCUT2D eigenvalue weighted by molar-refractivity contribution is -0.147. The van der Waals surface area contributed by atoms with Gasteiger partial charge in [-0.3, -0.25) is 28.6 Å². The molecule has 1 unspecified atom stereocenters. The molecule has 0 radical (unpaired) electrons. The van der Waals surface area contributed by atoms with Crippen molar-refractivity contribution in [2.24, 2.45) is 0 Å². The van der Waals surface area contributed by atoms with Crippen molar-refractivity contribution in [3.05, 3.63) is 131 Å². The van der Waals surface area contributed by atoms with Gasteiger partial charge in [0.05, 0.1) is 48.2 Å². The van der Waals surface area contributed by atoms with Gasteiger partial charge in [-0.2, -0.15) is 8.42 Å².